The van der Waals surface area contributed by atoms with Gasteiger partial charge < -0.3 is 19.5 Å². The lowest BCUT2D eigenvalue weighted by atomic mass is 9.97. The van der Waals surface area contributed by atoms with Gasteiger partial charge in [0.25, 0.3) is 5.91 Å². The number of alkyl halides is 3. The fraction of sp³-hybridized carbons (Fsp3) is 0.360. The second kappa shape index (κ2) is 9.79. The van der Waals surface area contributed by atoms with Gasteiger partial charge in [-0.1, -0.05) is 6.07 Å². The zero-order chi connectivity index (χ0) is 24.3. The van der Waals surface area contributed by atoms with Crippen LogP contribution in [-0.2, 0) is 6.18 Å². The number of benzene rings is 2. The number of hydrogen-bond acceptors (Lipinski definition) is 4. The summed E-state index contributed by atoms with van der Waals surface area (Å²) in [6.07, 6.45) is 0.942. The highest BCUT2D eigenvalue weighted by molar-refractivity contribution is 5.95. The molecular formula is C25H27F3N4O2. The largest absolute Gasteiger partial charge is 0.495 e. The number of hydrogen-bond donors (Lipinski definition) is 1. The van der Waals surface area contributed by atoms with Crippen LogP contribution >= 0.6 is 0 Å². The Morgan fingerprint density at radius 1 is 1.24 bits per heavy atom. The first-order chi connectivity index (χ1) is 16.2. The summed E-state index contributed by atoms with van der Waals surface area (Å²) in [5.74, 6) is 0.476. The van der Waals surface area contributed by atoms with Crippen LogP contribution in [0.2, 0.25) is 0 Å². The molecule has 1 aliphatic heterocycles. The fourth-order valence-corrected chi connectivity index (χ4v) is 4.27. The van der Waals surface area contributed by atoms with Crippen molar-refractivity contribution < 1.29 is 22.7 Å². The van der Waals surface area contributed by atoms with Gasteiger partial charge in [-0.25, -0.2) is 4.98 Å². The van der Waals surface area contributed by atoms with Crippen LogP contribution in [0.15, 0.2) is 55.0 Å². The molecule has 3 aromatic rings. The zero-order valence-corrected chi connectivity index (χ0v) is 19.1. The van der Waals surface area contributed by atoms with Gasteiger partial charge in [0.1, 0.15) is 5.75 Å². The van der Waals surface area contributed by atoms with Crippen molar-refractivity contribution in [1.82, 2.24) is 14.9 Å². The molecule has 1 amide bonds. The highest BCUT2D eigenvalue weighted by atomic mass is 19.4. The van der Waals surface area contributed by atoms with Crippen LogP contribution in [0.3, 0.4) is 0 Å². The average molecular weight is 473 g/mol. The van der Waals surface area contributed by atoms with Crippen LogP contribution in [0, 0.1) is 12.8 Å². The van der Waals surface area contributed by atoms with Crippen molar-refractivity contribution in [3.05, 3.63) is 71.8 Å². The van der Waals surface area contributed by atoms with Gasteiger partial charge in [0.05, 0.1) is 30.4 Å². The smallest absolute Gasteiger partial charge is 0.416 e. The topological polar surface area (TPSA) is 59.4 Å². The van der Waals surface area contributed by atoms with Gasteiger partial charge in [0, 0.05) is 37.1 Å². The third-order valence-corrected chi connectivity index (χ3v) is 6.04. The fourth-order valence-electron chi connectivity index (χ4n) is 4.27. The minimum atomic E-state index is -4.37. The van der Waals surface area contributed by atoms with E-state index in [1.54, 1.807) is 31.6 Å². The molecule has 1 unspecified atom stereocenters. The zero-order valence-electron chi connectivity index (χ0n) is 19.1. The first kappa shape index (κ1) is 23.7. The number of piperidine rings is 1. The van der Waals surface area contributed by atoms with Crippen LogP contribution < -0.4 is 15.0 Å². The van der Waals surface area contributed by atoms with Crippen molar-refractivity contribution in [2.45, 2.75) is 25.9 Å². The van der Waals surface area contributed by atoms with Gasteiger partial charge >= 0.3 is 6.18 Å². The SMILES string of the molecule is COc1cc(C(=O)NCC2CCCN(c3cccc(C(F)(F)F)c3)C2)ccc1-n1cnc(C)c1. The van der Waals surface area contributed by atoms with E-state index in [-0.39, 0.29) is 11.8 Å². The Hall–Kier alpha value is -3.49. The number of ether oxygens (including phenoxy) is 1. The molecule has 180 valence electrons. The molecule has 0 aliphatic carbocycles. The van der Waals surface area contributed by atoms with E-state index in [1.807, 2.05) is 28.7 Å². The van der Waals surface area contributed by atoms with Crippen molar-refractivity contribution in [3.63, 3.8) is 0 Å². The van der Waals surface area contributed by atoms with E-state index >= 15 is 0 Å². The van der Waals surface area contributed by atoms with Crippen molar-refractivity contribution in [2.24, 2.45) is 5.92 Å². The summed E-state index contributed by atoms with van der Waals surface area (Å²) in [6, 6.07) is 10.6. The number of methoxy groups -OCH3 is 1. The lowest BCUT2D eigenvalue weighted by Crippen LogP contribution is -2.41. The Labute approximate surface area is 196 Å². The quantitative estimate of drug-likeness (QED) is 0.557. The number of anilines is 1. The lowest BCUT2D eigenvalue weighted by Gasteiger charge is -2.34. The molecule has 0 saturated carbocycles. The molecule has 0 radical (unpaired) electrons. The first-order valence-electron chi connectivity index (χ1n) is 11.1. The predicted octanol–water partition coefficient (Wildman–Crippen LogP) is 4.85. The molecule has 1 N–H and O–H groups in total. The molecular weight excluding hydrogens is 445 g/mol. The minimum Gasteiger partial charge on any atom is -0.495 e. The highest BCUT2D eigenvalue weighted by Gasteiger charge is 2.31. The van der Waals surface area contributed by atoms with Crippen molar-refractivity contribution in [3.8, 4) is 11.4 Å². The van der Waals surface area contributed by atoms with Crippen LogP contribution in [0.1, 0.15) is 34.5 Å². The maximum Gasteiger partial charge on any atom is 0.416 e. The van der Waals surface area contributed by atoms with Crippen LogP contribution in [0.5, 0.6) is 5.75 Å². The molecule has 34 heavy (non-hydrogen) atoms. The number of nitrogens with zero attached hydrogens (tertiary/aromatic N) is 3. The van der Waals surface area contributed by atoms with E-state index in [2.05, 4.69) is 10.3 Å². The van der Waals surface area contributed by atoms with Gasteiger partial charge in [-0.3, -0.25) is 4.79 Å². The standard InChI is InChI=1S/C25H27F3N4O2/c1-17-14-32(16-30-17)22-9-8-19(11-23(22)34-2)24(33)29-13-18-5-4-10-31(15-18)21-7-3-6-20(12-21)25(26,27)28/h3,6-9,11-12,14,16,18H,4-5,10,13,15H2,1-2H3,(H,29,33). The van der Waals surface area contributed by atoms with Gasteiger partial charge in [-0.15, -0.1) is 0 Å². The minimum absolute atomic E-state index is 0.141. The van der Waals surface area contributed by atoms with Gasteiger partial charge in [-0.05, 0) is 62.1 Å². The molecule has 9 heteroatoms. The number of imidazole rings is 1. The normalized spacial score (nSPS) is 16.4. The Morgan fingerprint density at radius 2 is 2.06 bits per heavy atom. The number of amides is 1. The molecule has 2 aromatic carbocycles. The van der Waals surface area contributed by atoms with E-state index in [4.69, 9.17) is 4.74 Å². The number of carbonyl (C=O) groups is 1. The third-order valence-electron chi connectivity index (χ3n) is 6.04. The molecule has 1 aromatic heterocycles. The Bertz CT molecular complexity index is 1160. The van der Waals surface area contributed by atoms with E-state index in [0.717, 1.165) is 30.3 Å². The number of halogens is 3. The average Bonchev–Trinajstić information content (AvgIpc) is 3.27. The summed E-state index contributed by atoms with van der Waals surface area (Å²) in [5.41, 5.74) is 2.03. The summed E-state index contributed by atoms with van der Waals surface area (Å²) in [6.45, 7) is 3.62. The summed E-state index contributed by atoms with van der Waals surface area (Å²) >= 11 is 0. The molecule has 1 saturated heterocycles. The predicted molar refractivity (Wildman–Crippen MR) is 124 cm³/mol. The lowest BCUT2D eigenvalue weighted by molar-refractivity contribution is -0.137. The van der Waals surface area contributed by atoms with Gasteiger partial charge in [-0.2, -0.15) is 13.2 Å². The van der Waals surface area contributed by atoms with Gasteiger partial charge in [0.2, 0.25) is 0 Å². The number of carbonyl (C=O) groups excluding carboxylic acids is 1. The molecule has 4 rings (SSSR count). The third kappa shape index (κ3) is 5.35. The van der Waals surface area contributed by atoms with Gasteiger partial charge in [0.15, 0.2) is 0 Å². The van der Waals surface area contributed by atoms with E-state index in [9.17, 15) is 18.0 Å². The Kier molecular flexibility index (Phi) is 6.81. The molecule has 1 aliphatic rings. The number of rotatable bonds is 6. The van der Waals surface area contributed by atoms with E-state index in [1.165, 1.54) is 12.1 Å². The number of aromatic nitrogens is 2. The van der Waals surface area contributed by atoms with Crippen LogP contribution in [0.4, 0.5) is 18.9 Å². The summed E-state index contributed by atoms with van der Waals surface area (Å²) < 4.78 is 46.5. The maximum atomic E-state index is 13.1. The molecule has 2 heterocycles. The van der Waals surface area contributed by atoms with E-state index < -0.39 is 11.7 Å². The second-order valence-electron chi connectivity index (χ2n) is 8.52. The molecule has 6 nitrogen and oxygen atoms in total. The second-order valence-corrected chi connectivity index (χ2v) is 8.52. The Balaban J connectivity index is 1.39. The van der Waals surface area contributed by atoms with Crippen LogP contribution in [0.25, 0.3) is 5.69 Å². The summed E-state index contributed by atoms with van der Waals surface area (Å²) in [5, 5.41) is 2.97. The number of nitrogens with one attached hydrogen (secondary N) is 1. The molecule has 0 bridgehead atoms. The number of aryl methyl sites for hydroxylation is 1. The van der Waals surface area contributed by atoms with Crippen LogP contribution in [-0.4, -0.2) is 42.2 Å². The summed E-state index contributed by atoms with van der Waals surface area (Å²) in [7, 11) is 1.55. The van der Waals surface area contributed by atoms with Crippen molar-refractivity contribution >= 4 is 11.6 Å². The maximum absolute atomic E-state index is 13.1. The molecule has 1 fully saturated rings. The molecule has 0 spiro atoms. The summed E-state index contributed by atoms with van der Waals surface area (Å²) in [4.78, 5) is 19.0. The van der Waals surface area contributed by atoms with Crippen molar-refractivity contribution in [1.29, 1.82) is 0 Å². The van der Waals surface area contributed by atoms with Crippen molar-refractivity contribution in [2.75, 3.05) is 31.6 Å². The highest BCUT2D eigenvalue weighted by Crippen LogP contribution is 2.33. The monoisotopic (exact) mass is 472 g/mol. The van der Waals surface area contributed by atoms with E-state index in [0.29, 0.717) is 36.6 Å². The first-order valence-corrected chi connectivity index (χ1v) is 11.1. The Morgan fingerprint density at radius 3 is 2.76 bits per heavy atom. The molecule has 1 atom stereocenters.